The van der Waals surface area contributed by atoms with Crippen LogP contribution in [0.5, 0.6) is 0 Å². The number of rotatable bonds is 10. The van der Waals surface area contributed by atoms with Crippen molar-refractivity contribution in [1.82, 2.24) is 0 Å². The third kappa shape index (κ3) is 5.37. The van der Waals surface area contributed by atoms with Gasteiger partial charge in [-0.25, -0.2) is 0 Å². The highest BCUT2D eigenvalue weighted by Crippen LogP contribution is 2.41. The van der Waals surface area contributed by atoms with Crippen LogP contribution in [0, 0.1) is 0 Å². The molecular weight excluding hydrogens is 464 g/mol. The minimum atomic E-state index is -0.943. The van der Waals surface area contributed by atoms with Gasteiger partial charge in [0.25, 0.3) is 0 Å². The van der Waals surface area contributed by atoms with E-state index in [0.717, 1.165) is 22.3 Å². The van der Waals surface area contributed by atoms with Crippen molar-refractivity contribution < 1.29 is 24.1 Å². The lowest BCUT2D eigenvalue weighted by Gasteiger charge is -2.37. The molecule has 0 radical (unpaired) electrons. The van der Waals surface area contributed by atoms with Gasteiger partial charge in [0.2, 0.25) is 0 Å². The van der Waals surface area contributed by atoms with E-state index in [4.69, 9.17) is 18.9 Å². The van der Waals surface area contributed by atoms with Crippen molar-refractivity contribution in [2.75, 3.05) is 13.7 Å². The van der Waals surface area contributed by atoms with Crippen LogP contribution in [0.25, 0.3) is 0 Å². The summed E-state index contributed by atoms with van der Waals surface area (Å²) in [6, 6.07) is 40.4. The molecule has 1 fully saturated rings. The molecule has 2 unspecified atom stereocenters. The first-order valence-electron chi connectivity index (χ1n) is 12.5. The Morgan fingerprint density at radius 3 is 1.62 bits per heavy atom. The Labute approximate surface area is 218 Å². The molecule has 5 rings (SSSR count). The third-order valence-electron chi connectivity index (χ3n) is 6.81. The smallest absolute Gasteiger partial charge is 0.186 e. The highest BCUT2D eigenvalue weighted by atomic mass is 16.7. The number of hydrogen-bond donors (Lipinski definition) is 1. The summed E-state index contributed by atoms with van der Waals surface area (Å²) in [4.78, 5) is 0. The Morgan fingerprint density at radius 1 is 0.703 bits per heavy atom. The van der Waals surface area contributed by atoms with Crippen LogP contribution in [-0.2, 0) is 31.2 Å². The van der Waals surface area contributed by atoms with Crippen LogP contribution < -0.4 is 0 Å². The van der Waals surface area contributed by atoms with E-state index in [1.807, 2.05) is 84.9 Å². The standard InChI is InChI=1S/C32H32O5/c1-34-31-29(33)30(35-22-24-14-6-2-7-15-24)28(37-31)23-36-32(25-16-8-3-9-17-25,26-18-10-4-11-19-26)27-20-12-5-13-21-27/h2-21,28-31,33H,22-23H2,1H3/t28?,29-,30-,31?/m1/s1. The van der Waals surface area contributed by atoms with Crippen molar-refractivity contribution in [3.63, 3.8) is 0 Å². The number of benzene rings is 4. The first-order valence-corrected chi connectivity index (χ1v) is 12.5. The summed E-state index contributed by atoms with van der Waals surface area (Å²) in [5.74, 6) is 0. The average Bonchev–Trinajstić information content (AvgIpc) is 3.28. The largest absolute Gasteiger partial charge is 0.385 e. The lowest BCUT2D eigenvalue weighted by Crippen LogP contribution is -2.41. The Hall–Kier alpha value is -3.32. The third-order valence-corrected chi connectivity index (χ3v) is 6.81. The van der Waals surface area contributed by atoms with E-state index in [-0.39, 0.29) is 6.61 Å². The van der Waals surface area contributed by atoms with Crippen molar-refractivity contribution in [2.45, 2.75) is 36.8 Å². The molecule has 1 aliphatic heterocycles. The Kier molecular flexibility index (Phi) is 8.09. The lowest BCUT2D eigenvalue weighted by molar-refractivity contribution is -0.162. The highest BCUT2D eigenvalue weighted by Gasteiger charge is 2.47. The molecule has 0 aliphatic carbocycles. The maximum Gasteiger partial charge on any atom is 0.186 e. The van der Waals surface area contributed by atoms with Crippen molar-refractivity contribution >= 4 is 0 Å². The van der Waals surface area contributed by atoms with Gasteiger partial charge in [-0.3, -0.25) is 0 Å². The molecule has 5 nitrogen and oxygen atoms in total. The molecule has 1 aliphatic rings. The number of aliphatic hydroxyl groups is 1. The molecule has 4 atom stereocenters. The zero-order valence-corrected chi connectivity index (χ0v) is 20.9. The van der Waals surface area contributed by atoms with Gasteiger partial charge in [-0.15, -0.1) is 0 Å². The van der Waals surface area contributed by atoms with Gasteiger partial charge in [0, 0.05) is 7.11 Å². The molecule has 0 bridgehead atoms. The van der Waals surface area contributed by atoms with Gasteiger partial charge in [0.1, 0.15) is 23.9 Å². The summed E-state index contributed by atoms with van der Waals surface area (Å²) in [6.45, 7) is 0.523. The maximum absolute atomic E-state index is 10.9. The fourth-order valence-corrected chi connectivity index (χ4v) is 4.98. The molecule has 0 spiro atoms. The van der Waals surface area contributed by atoms with E-state index in [1.165, 1.54) is 7.11 Å². The Morgan fingerprint density at radius 2 is 1.16 bits per heavy atom. The number of aliphatic hydroxyl groups excluding tert-OH is 1. The highest BCUT2D eigenvalue weighted by molar-refractivity contribution is 5.47. The van der Waals surface area contributed by atoms with Crippen molar-refractivity contribution in [3.8, 4) is 0 Å². The maximum atomic E-state index is 10.9. The summed E-state index contributed by atoms with van der Waals surface area (Å²) in [5, 5.41) is 10.9. The molecule has 4 aromatic carbocycles. The molecule has 5 heteroatoms. The van der Waals surface area contributed by atoms with E-state index in [1.54, 1.807) is 0 Å². The quantitative estimate of drug-likeness (QED) is 0.302. The number of methoxy groups -OCH3 is 1. The summed E-state index contributed by atoms with van der Waals surface area (Å²) in [5.41, 5.74) is 3.11. The zero-order chi connectivity index (χ0) is 25.5. The summed E-state index contributed by atoms with van der Waals surface area (Å²) < 4.78 is 24.6. The van der Waals surface area contributed by atoms with E-state index in [0.29, 0.717) is 6.61 Å². The van der Waals surface area contributed by atoms with Crippen LogP contribution in [-0.4, -0.2) is 43.4 Å². The molecular formula is C32H32O5. The number of ether oxygens (including phenoxy) is 4. The van der Waals surface area contributed by atoms with Crippen molar-refractivity contribution in [3.05, 3.63) is 144 Å². The molecule has 4 aromatic rings. The second-order valence-corrected chi connectivity index (χ2v) is 9.12. The predicted octanol–water partition coefficient (Wildman–Crippen LogP) is 5.31. The molecule has 0 saturated carbocycles. The van der Waals surface area contributed by atoms with Gasteiger partial charge in [0.15, 0.2) is 6.29 Å². The summed E-state index contributed by atoms with van der Waals surface area (Å²) >= 11 is 0. The Balaban J connectivity index is 1.48. The van der Waals surface area contributed by atoms with Crippen LogP contribution in [0.15, 0.2) is 121 Å². The van der Waals surface area contributed by atoms with Crippen LogP contribution in [0.2, 0.25) is 0 Å². The Bertz CT molecular complexity index is 1120. The molecule has 37 heavy (non-hydrogen) atoms. The molecule has 1 N–H and O–H groups in total. The first-order chi connectivity index (χ1) is 18.2. The lowest BCUT2D eigenvalue weighted by atomic mass is 9.80. The molecule has 1 saturated heterocycles. The van der Waals surface area contributed by atoms with Crippen LogP contribution >= 0.6 is 0 Å². The monoisotopic (exact) mass is 496 g/mol. The minimum Gasteiger partial charge on any atom is -0.385 e. The molecule has 0 amide bonds. The fraction of sp³-hybridized carbons (Fsp3) is 0.250. The van der Waals surface area contributed by atoms with Crippen molar-refractivity contribution in [1.29, 1.82) is 0 Å². The van der Waals surface area contributed by atoms with Gasteiger partial charge < -0.3 is 24.1 Å². The average molecular weight is 497 g/mol. The normalized spacial score (nSPS) is 21.7. The molecule has 1 heterocycles. The van der Waals surface area contributed by atoms with Gasteiger partial charge >= 0.3 is 0 Å². The number of hydrogen-bond acceptors (Lipinski definition) is 5. The van der Waals surface area contributed by atoms with E-state index >= 15 is 0 Å². The molecule has 190 valence electrons. The fourth-order valence-electron chi connectivity index (χ4n) is 4.98. The van der Waals surface area contributed by atoms with Crippen LogP contribution in [0.4, 0.5) is 0 Å². The summed E-state index contributed by atoms with van der Waals surface area (Å²) in [6.07, 6.45) is -2.90. The topological polar surface area (TPSA) is 57.2 Å². The van der Waals surface area contributed by atoms with Gasteiger partial charge in [-0.05, 0) is 22.3 Å². The van der Waals surface area contributed by atoms with Crippen LogP contribution in [0.1, 0.15) is 22.3 Å². The second-order valence-electron chi connectivity index (χ2n) is 9.12. The molecule has 0 aromatic heterocycles. The second kappa shape index (κ2) is 11.8. The van der Waals surface area contributed by atoms with Gasteiger partial charge in [-0.2, -0.15) is 0 Å². The summed E-state index contributed by atoms with van der Waals surface area (Å²) in [7, 11) is 1.52. The predicted molar refractivity (Wildman–Crippen MR) is 142 cm³/mol. The minimum absolute atomic E-state index is 0.176. The van der Waals surface area contributed by atoms with E-state index in [2.05, 4.69) is 36.4 Å². The zero-order valence-electron chi connectivity index (χ0n) is 20.9. The van der Waals surface area contributed by atoms with Gasteiger partial charge in [0.05, 0.1) is 13.2 Å². The van der Waals surface area contributed by atoms with E-state index < -0.39 is 30.2 Å². The van der Waals surface area contributed by atoms with Crippen LogP contribution in [0.3, 0.4) is 0 Å². The first kappa shape index (κ1) is 25.3. The van der Waals surface area contributed by atoms with Crippen molar-refractivity contribution in [2.24, 2.45) is 0 Å². The SMILES string of the molecule is COC1OC(COC(c2ccccc2)(c2ccccc2)c2ccccc2)[C@@H](OCc2ccccc2)[C@H]1O. The van der Waals surface area contributed by atoms with E-state index in [9.17, 15) is 5.11 Å². The van der Waals surface area contributed by atoms with Gasteiger partial charge in [-0.1, -0.05) is 121 Å².